The van der Waals surface area contributed by atoms with Gasteiger partial charge in [-0.3, -0.25) is 19.3 Å². The van der Waals surface area contributed by atoms with Crippen molar-refractivity contribution < 1.29 is 23.6 Å². The Kier molecular flexibility index (Phi) is 3.11. The summed E-state index contributed by atoms with van der Waals surface area (Å²) in [6.07, 6.45) is 4.91. The molecule has 2 aliphatic carbocycles. The number of carbonyl (C=O) groups excluding carboxylic acids is 3. The van der Waals surface area contributed by atoms with Crippen LogP contribution in [0.1, 0.15) is 17.9 Å². The summed E-state index contributed by atoms with van der Waals surface area (Å²) in [5.41, 5.74) is 0.691. The number of esters is 1. The van der Waals surface area contributed by atoms with Crippen molar-refractivity contribution in [1.82, 2.24) is 10.1 Å². The number of ether oxygens (including phenoxy) is 1. The Labute approximate surface area is 132 Å². The Morgan fingerprint density at radius 2 is 1.96 bits per heavy atom. The van der Waals surface area contributed by atoms with E-state index in [1.807, 2.05) is 12.2 Å². The van der Waals surface area contributed by atoms with Gasteiger partial charge in [0, 0.05) is 6.07 Å². The summed E-state index contributed by atoms with van der Waals surface area (Å²) >= 11 is 0. The second-order valence-electron chi connectivity index (χ2n) is 6.36. The molecule has 2 bridgehead atoms. The maximum absolute atomic E-state index is 12.4. The van der Waals surface area contributed by atoms with Crippen LogP contribution in [0.25, 0.3) is 0 Å². The highest BCUT2D eigenvalue weighted by Crippen LogP contribution is 2.52. The Morgan fingerprint density at radius 3 is 2.52 bits per heavy atom. The van der Waals surface area contributed by atoms with Crippen LogP contribution < -0.4 is 0 Å². The van der Waals surface area contributed by atoms with Crippen LogP contribution in [-0.4, -0.2) is 34.4 Å². The van der Waals surface area contributed by atoms with Crippen molar-refractivity contribution >= 4 is 17.8 Å². The van der Waals surface area contributed by atoms with Gasteiger partial charge in [0.1, 0.15) is 6.54 Å². The second kappa shape index (κ2) is 5.04. The predicted molar refractivity (Wildman–Crippen MR) is 75.5 cm³/mol. The summed E-state index contributed by atoms with van der Waals surface area (Å²) in [7, 11) is 0. The highest BCUT2D eigenvalue weighted by molar-refractivity contribution is 6.08. The standard InChI is InChI=1S/C16H16N2O5/c1-8-4-11(23-17-8)7-22-12(19)6-18-15(20)13-9-2-3-10(5-9)14(13)16(18)21/h2-4,9-10,13-14H,5-7H2,1H3/t9-,10-,13-,14+/m0/s1. The monoisotopic (exact) mass is 316 g/mol. The zero-order valence-corrected chi connectivity index (χ0v) is 12.6. The molecule has 1 aromatic rings. The third kappa shape index (κ3) is 2.18. The average molecular weight is 316 g/mol. The number of hydrogen-bond acceptors (Lipinski definition) is 6. The molecule has 0 N–H and O–H groups in total. The molecular formula is C16H16N2O5. The lowest BCUT2D eigenvalue weighted by Crippen LogP contribution is -2.37. The van der Waals surface area contributed by atoms with Gasteiger partial charge in [0.25, 0.3) is 0 Å². The van der Waals surface area contributed by atoms with E-state index in [0.717, 1.165) is 11.3 Å². The van der Waals surface area contributed by atoms with Gasteiger partial charge in [-0.2, -0.15) is 0 Å². The van der Waals surface area contributed by atoms with E-state index in [4.69, 9.17) is 9.26 Å². The van der Waals surface area contributed by atoms with Crippen molar-refractivity contribution in [2.24, 2.45) is 23.7 Å². The van der Waals surface area contributed by atoms with Crippen LogP contribution in [-0.2, 0) is 25.7 Å². The molecule has 23 heavy (non-hydrogen) atoms. The molecule has 4 atom stereocenters. The van der Waals surface area contributed by atoms with Crippen molar-refractivity contribution in [2.75, 3.05) is 6.54 Å². The molecule has 0 unspecified atom stereocenters. The third-order valence-electron chi connectivity index (χ3n) is 4.90. The summed E-state index contributed by atoms with van der Waals surface area (Å²) in [6, 6.07) is 1.66. The summed E-state index contributed by atoms with van der Waals surface area (Å²) in [4.78, 5) is 37.8. The van der Waals surface area contributed by atoms with Gasteiger partial charge in [-0.05, 0) is 25.2 Å². The van der Waals surface area contributed by atoms with Gasteiger partial charge in [0.15, 0.2) is 12.4 Å². The number of fused-ring (bicyclic) bond motifs is 5. The van der Waals surface area contributed by atoms with Crippen molar-refractivity contribution in [1.29, 1.82) is 0 Å². The summed E-state index contributed by atoms with van der Waals surface area (Å²) < 4.78 is 10.00. The Bertz CT molecular complexity index is 692. The van der Waals surface area contributed by atoms with Gasteiger partial charge in [-0.15, -0.1) is 0 Å². The van der Waals surface area contributed by atoms with Gasteiger partial charge >= 0.3 is 5.97 Å². The molecule has 0 spiro atoms. The van der Waals surface area contributed by atoms with E-state index >= 15 is 0 Å². The molecule has 0 aromatic carbocycles. The zero-order chi connectivity index (χ0) is 16.1. The van der Waals surface area contributed by atoms with Crippen LogP contribution in [0.4, 0.5) is 0 Å². The molecule has 2 fully saturated rings. The lowest BCUT2D eigenvalue weighted by Gasteiger charge is -2.15. The molecule has 1 saturated carbocycles. The van der Waals surface area contributed by atoms with E-state index in [1.165, 1.54) is 0 Å². The molecule has 2 amide bonds. The number of rotatable bonds is 4. The van der Waals surface area contributed by atoms with Gasteiger partial charge in [-0.25, -0.2) is 0 Å². The number of aryl methyl sites for hydroxylation is 1. The highest BCUT2D eigenvalue weighted by atomic mass is 16.5. The maximum Gasteiger partial charge on any atom is 0.326 e. The number of hydrogen-bond donors (Lipinski definition) is 0. The number of likely N-dealkylation sites (tertiary alicyclic amines) is 1. The first-order valence-corrected chi connectivity index (χ1v) is 7.66. The highest BCUT2D eigenvalue weighted by Gasteiger charge is 2.59. The number of allylic oxidation sites excluding steroid dienone is 2. The van der Waals surface area contributed by atoms with E-state index in [-0.39, 0.29) is 48.6 Å². The van der Waals surface area contributed by atoms with Gasteiger partial charge < -0.3 is 9.26 Å². The number of carbonyl (C=O) groups is 3. The Hall–Kier alpha value is -2.44. The quantitative estimate of drug-likeness (QED) is 0.464. The number of imide groups is 1. The fraction of sp³-hybridized carbons (Fsp3) is 0.500. The van der Waals surface area contributed by atoms with Crippen LogP contribution in [0.2, 0.25) is 0 Å². The number of amides is 2. The molecule has 1 saturated heterocycles. The average Bonchev–Trinajstić information content (AvgIpc) is 3.27. The van der Waals surface area contributed by atoms with Gasteiger partial charge in [0.2, 0.25) is 11.8 Å². The number of nitrogens with zero attached hydrogens (tertiary/aromatic N) is 2. The summed E-state index contributed by atoms with van der Waals surface area (Å²) in [5, 5.41) is 3.69. The second-order valence-corrected chi connectivity index (χ2v) is 6.36. The zero-order valence-electron chi connectivity index (χ0n) is 12.6. The predicted octanol–water partition coefficient (Wildman–Crippen LogP) is 0.833. The molecular weight excluding hydrogens is 300 g/mol. The molecule has 0 radical (unpaired) electrons. The lowest BCUT2D eigenvalue weighted by molar-refractivity contribution is -0.154. The molecule has 1 aromatic heterocycles. The molecule has 7 nitrogen and oxygen atoms in total. The fourth-order valence-electron chi connectivity index (χ4n) is 3.93. The van der Waals surface area contributed by atoms with Crippen molar-refractivity contribution in [3.63, 3.8) is 0 Å². The molecule has 120 valence electrons. The molecule has 3 aliphatic rings. The topological polar surface area (TPSA) is 89.7 Å². The minimum atomic E-state index is -0.624. The molecule has 2 heterocycles. The van der Waals surface area contributed by atoms with E-state index < -0.39 is 5.97 Å². The fourth-order valence-corrected chi connectivity index (χ4v) is 3.93. The first kappa shape index (κ1) is 14.2. The molecule has 7 heteroatoms. The Balaban J connectivity index is 1.38. The van der Waals surface area contributed by atoms with E-state index in [2.05, 4.69) is 5.16 Å². The van der Waals surface area contributed by atoms with Crippen molar-refractivity contribution in [3.05, 3.63) is 29.7 Å². The third-order valence-corrected chi connectivity index (χ3v) is 4.90. The molecule has 1 aliphatic heterocycles. The minimum Gasteiger partial charge on any atom is -0.456 e. The van der Waals surface area contributed by atoms with Crippen LogP contribution in [0.3, 0.4) is 0 Å². The normalized spacial score (nSPS) is 31.1. The largest absolute Gasteiger partial charge is 0.456 e. The Morgan fingerprint density at radius 1 is 1.30 bits per heavy atom. The van der Waals surface area contributed by atoms with Gasteiger partial charge in [0.05, 0.1) is 17.5 Å². The lowest BCUT2D eigenvalue weighted by atomic mass is 9.85. The van der Waals surface area contributed by atoms with Crippen LogP contribution in [0.15, 0.2) is 22.7 Å². The summed E-state index contributed by atoms with van der Waals surface area (Å²) in [5.74, 6) is -0.993. The summed E-state index contributed by atoms with van der Waals surface area (Å²) in [6.45, 7) is 1.37. The smallest absolute Gasteiger partial charge is 0.326 e. The van der Waals surface area contributed by atoms with Crippen LogP contribution in [0, 0.1) is 30.6 Å². The van der Waals surface area contributed by atoms with E-state index in [1.54, 1.807) is 13.0 Å². The minimum absolute atomic E-state index is 0.0600. The van der Waals surface area contributed by atoms with E-state index in [0.29, 0.717) is 11.5 Å². The first-order chi connectivity index (χ1) is 11.0. The molecule has 4 rings (SSSR count). The van der Waals surface area contributed by atoms with E-state index in [9.17, 15) is 14.4 Å². The van der Waals surface area contributed by atoms with Crippen LogP contribution >= 0.6 is 0 Å². The van der Waals surface area contributed by atoms with Crippen LogP contribution in [0.5, 0.6) is 0 Å². The number of aromatic nitrogens is 1. The van der Waals surface area contributed by atoms with Crippen molar-refractivity contribution in [2.45, 2.75) is 20.0 Å². The van der Waals surface area contributed by atoms with Crippen molar-refractivity contribution in [3.8, 4) is 0 Å². The maximum atomic E-state index is 12.4. The van der Waals surface area contributed by atoms with Gasteiger partial charge in [-0.1, -0.05) is 17.3 Å². The first-order valence-electron chi connectivity index (χ1n) is 7.66. The SMILES string of the molecule is Cc1cc(COC(=O)CN2C(=O)[C@@H]3[C@H](C2=O)[C@H]2C=C[C@H]3C2)on1.